The van der Waals surface area contributed by atoms with Gasteiger partial charge >= 0.3 is 0 Å². The van der Waals surface area contributed by atoms with Gasteiger partial charge in [0.25, 0.3) is 0 Å². The molecule has 2 rings (SSSR count). The summed E-state index contributed by atoms with van der Waals surface area (Å²) in [6.45, 7) is 7.52. The van der Waals surface area contributed by atoms with Crippen LogP contribution in [0.15, 0.2) is 6.07 Å². The van der Waals surface area contributed by atoms with E-state index in [4.69, 9.17) is 4.74 Å². The van der Waals surface area contributed by atoms with Crippen molar-refractivity contribution >= 4 is 11.6 Å². The fourth-order valence-corrected chi connectivity index (χ4v) is 2.32. The van der Waals surface area contributed by atoms with Crippen LogP contribution in [0.3, 0.4) is 0 Å². The van der Waals surface area contributed by atoms with Gasteiger partial charge in [0.05, 0.1) is 0 Å². The van der Waals surface area contributed by atoms with Crippen molar-refractivity contribution in [3.63, 3.8) is 0 Å². The zero-order valence-corrected chi connectivity index (χ0v) is 12.5. The van der Waals surface area contributed by atoms with E-state index < -0.39 is 0 Å². The zero-order valence-electron chi connectivity index (χ0n) is 12.5. The van der Waals surface area contributed by atoms with Gasteiger partial charge in [0, 0.05) is 32.8 Å². The van der Waals surface area contributed by atoms with Crippen LogP contribution in [-0.4, -0.2) is 54.7 Å². The lowest BCUT2D eigenvalue weighted by molar-refractivity contribution is 0.128. The van der Waals surface area contributed by atoms with Crippen LogP contribution >= 0.6 is 0 Å². The first-order valence-corrected chi connectivity index (χ1v) is 7.41. The number of nitrogens with one attached hydrogen (secondary N) is 2. The Labute approximate surface area is 120 Å². The van der Waals surface area contributed by atoms with Gasteiger partial charge in [0.2, 0.25) is 0 Å². The molecule has 0 aliphatic carbocycles. The lowest BCUT2D eigenvalue weighted by atomic mass is 10.4. The molecule has 0 atom stereocenters. The van der Waals surface area contributed by atoms with Crippen LogP contribution in [-0.2, 0) is 11.3 Å². The SMILES string of the molecule is CCOCc1nc(NC)cc(NCCN2CCCC2)n1. The van der Waals surface area contributed by atoms with E-state index in [9.17, 15) is 0 Å². The van der Waals surface area contributed by atoms with Crippen LogP contribution in [0.2, 0.25) is 0 Å². The highest BCUT2D eigenvalue weighted by atomic mass is 16.5. The van der Waals surface area contributed by atoms with Crippen molar-refractivity contribution in [3.8, 4) is 0 Å². The Morgan fingerprint density at radius 1 is 1.25 bits per heavy atom. The molecule has 1 fully saturated rings. The molecule has 0 saturated carbocycles. The fourth-order valence-electron chi connectivity index (χ4n) is 2.32. The molecule has 20 heavy (non-hydrogen) atoms. The molecule has 112 valence electrons. The van der Waals surface area contributed by atoms with Crippen LogP contribution in [0.1, 0.15) is 25.6 Å². The van der Waals surface area contributed by atoms with E-state index >= 15 is 0 Å². The summed E-state index contributed by atoms with van der Waals surface area (Å²) in [6.07, 6.45) is 2.66. The van der Waals surface area contributed by atoms with Crippen molar-refractivity contribution in [1.82, 2.24) is 14.9 Å². The summed E-state index contributed by atoms with van der Waals surface area (Å²) in [5.74, 6) is 2.39. The van der Waals surface area contributed by atoms with E-state index in [-0.39, 0.29) is 0 Å². The molecule has 0 aromatic carbocycles. The minimum absolute atomic E-state index is 0.451. The Hall–Kier alpha value is -1.40. The van der Waals surface area contributed by atoms with Crippen LogP contribution in [0, 0.1) is 0 Å². The Bertz CT molecular complexity index is 407. The zero-order chi connectivity index (χ0) is 14.2. The molecule has 0 unspecified atom stereocenters. The van der Waals surface area contributed by atoms with Crippen LogP contribution in [0.25, 0.3) is 0 Å². The number of aromatic nitrogens is 2. The molecule has 0 spiro atoms. The van der Waals surface area contributed by atoms with Gasteiger partial charge in [-0.25, -0.2) is 9.97 Å². The van der Waals surface area contributed by atoms with E-state index in [0.717, 1.165) is 24.7 Å². The molecule has 0 radical (unpaired) electrons. The molecule has 6 nitrogen and oxygen atoms in total. The molecule has 1 aliphatic rings. The average Bonchev–Trinajstić information content (AvgIpc) is 2.98. The van der Waals surface area contributed by atoms with Crippen molar-refractivity contribution in [2.24, 2.45) is 0 Å². The molecule has 1 aliphatic heterocycles. The van der Waals surface area contributed by atoms with Gasteiger partial charge in [-0.15, -0.1) is 0 Å². The van der Waals surface area contributed by atoms with E-state index in [2.05, 4.69) is 25.5 Å². The van der Waals surface area contributed by atoms with Crippen molar-refractivity contribution in [2.45, 2.75) is 26.4 Å². The molecule has 0 amide bonds. The second kappa shape index (κ2) is 8.01. The first kappa shape index (κ1) is 15.0. The lowest BCUT2D eigenvalue weighted by Crippen LogP contribution is -2.26. The van der Waals surface area contributed by atoms with Crippen LogP contribution in [0.4, 0.5) is 11.6 Å². The Morgan fingerprint density at radius 3 is 2.70 bits per heavy atom. The maximum atomic E-state index is 5.37. The smallest absolute Gasteiger partial charge is 0.158 e. The minimum Gasteiger partial charge on any atom is -0.374 e. The topological polar surface area (TPSA) is 62.3 Å². The van der Waals surface area contributed by atoms with Crippen molar-refractivity contribution in [1.29, 1.82) is 0 Å². The van der Waals surface area contributed by atoms with E-state index in [1.807, 2.05) is 20.0 Å². The largest absolute Gasteiger partial charge is 0.374 e. The van der Waals surface area contributed by atoms with E-state index in [1.165, 1.54) is 25.9 Å². The molecule has 2 N–H and O–H groups in total. The third-order valence-electron chi connectivity index (χ3n) is 3.40. The Kier molecular flexibility index (Phi) is 6.01. The Morgan fingerprint density at radius 2 is 2.00 bits per heavy atom. The summed E-state index contributed by atoms with van der Waals surface area (Å²) >= 11 is 0. The number of likely N-dealkylation sites (tertiary alicyclic amines) is 1. The number of hydrogen-bond donors (Lipinski definition) is 2. The third kappa shape index (κ3) is 4.61. The lowest BCUT2D eigenvalue weighted by Gasteiger charge is -2.15. The monoisotopic (exact) mass is 279 g/mol. The maximum Gasteiger partial charge on any atom is 0.158 e. The molecule has 1 saturated heterocycles. The highest BCUT2D eigenvalue weighted by molar-refractivity contribution is 5.47. The van der Waals surface area contributed by atoms with Crippen molar-refractivity contribution < 1.29 is 4.74 Å². The summed E-state index contributed by atoms with van der Waals surface area (Å²) in [5, 5.41) is 6.43. The van der Waals surface area contributed by atoms with Crippen LogP contribution < -0.4 is 10.6 Å². The van der Waals surface area contributed by atoms with Gasteiger partial charge in [0.1, 0.15) is 18.2 Å². The predicted octanol–water partition coefficient (Wildman–Crippen LogP) is 1.56. The fraction of sp³-hybridized carbons (Fsp3) is 0.714. The van der Waals surface area contributed by atoms with Gasteiger partial charge < -0.3 is 20.3 Å². The first-order valence-electron chi connectivity index (χ1n) is 7.41. The summed E-state index contributed by atoms with van der Waals surface area (Å²) in [5.41, 5.74) is 0. The summed E-state index contributed by atoms with van der Waals surface area (Å²) < 4.78 is 5.37. The molecule has 1 aromatic rings. The minimum atomic E-state index is 0.451. The van der Waals surface area contributed by atoms with Gasteiger partial charge in [-0.1, -0.05) is 0 Å². The molecular weight excluding hydrogens is 254 g/mol. The normalized spacial score (nSPS) is 15.5. The van der Waals surface area contributed by atoms with E-state index in [0.29, 0.717) is 19.0 Å². The number of ether oxygens (including phenoxy) is 1. The quantitative estimate of drug-likeness (QED) is 0.753. The molecule has 6 heteroatoms. The predicted molar refractivity (Wildman–Crippen MR) is 81.1 cm³/mol. The number of anilines is 2. The average molecular weight is 279 g/mol. The number of nitrogens with zero attached hydrogens (tertiary/aromatic N) is 3. The first-order chi connectivity index (χ1) is 9.81. The second-order valence-corrected chi connectivity index (χ2v) is 4.92. The number of hydrogen-bond acceptors (Lipinski definition) is 6. The summed E-state index contributed by atoms with van der Waals surface area (Å²) in [4.78, 5) is 11.3. The van der Waals surface area contributed by atoms with Crippen LogP contribution in [0.5, 0.6) is 0 Å². The van der Waals surface area contributed by atoms with Gasteiger partial charge in [-0.05, 0) is 32.9 Å². The van der Waals surface area contributed by atoms with Gasteiger partial charge in [-0.2, -0.15) is 0 Å². The molecule has 2 heterocycles. The third-order valence-corrected chi connectivity index (χ3v) is 3.40. The van der Waals surface area contributed by atoms with Crippen molar-refractivity contribution in [2.75, 3.05) is 50.5 Å². The van der Waals surface area contributed by atoms with Gasteiger partial charge in [0.15, 0.2) is 5.82 Å². The second-order valence-electron chi connectivity index (χ2n) is 4.92. The van der Waals surface area contributed by atoms with Crippen molar-refractivity contribution in [3.05, 3.63) is 11.9 Å². The standard InChI is InChI=1S/C14H25N5O/c1-3-20-11-14-17-12(15-2)10-13(18-14)16-6-9-19-7-4-5-8-19/h10H,3-9,11H2,1-2H3,(H2,15,16,17,18). The maximum absolute atomic E-state index is 5.37. The molecule has 1 aromatic heterocycles. The molecular formula is C14H25N5O. The number of rotatable bonds is 8. The highest BCUT2D eigenvalue weighted by Gasteiger charge is 2.10. The highest BCUT2D eigenvalue weighted by Crippen LogP contribution is 2.12. The van der Waals surface area contributed by atoms with E-state index in [1.54, 1.807) is 0 Å². The summed E-state index contributed by atoms with van der Waals surface area (Å²) in [7, 11) is 1.86. The summed E-state index contributed by atoms with van der Waals surface area (Å²) in [6, 6.07) is 1.93. The Balaban J connectivity index is 1.87. The van der Waals surface area contributed by atoms with Gasteiger partial charge in [-0.3, -0.25) is 0 Å². The molecule has 0 bridgehead atoms.